The summed E-state index contributed by atoms with van der Waals surface area (Å²) in [5.74, 6) is 0.496. The minimum Gasteiger partial charge on any atom is -0.491 e. The Kier molecular flexibility index (Phi) is 6.17. The van der Waals surface area contributed by atoms with Crippen molar-refractivity contribution in [2.45, 2.75) is 4.90 Å². The molecule has 0 atom stereocenters. The number of halogens is 3. The molecule has 124 valence electrons. The first-order valence-electron chi connectivity index (χ1n) is 6.61. The summed E-state index contributed by atoms with van der Waals surface area (Å²) in [7, 11) is -2.37. The quantitative estimate of drug-likeness (QED) is 0.732. The number of sulfonamides is 1. The van der Waals surface area contributed by atoms with Crippen molar-refractivity contribution in [2.75, 3.05) is 20.2 Å². The lowest BCUT2D eigenvalue weighted by Gasteiger charge is -2.19. The molecule has 0 amide bonds. The molecule has 2 aromatic rings. The zero-order chi connectivity index (χ0) is 17.0. The van der Waals surface area contributed by atoms with Crippen molar-refractivity contribution in [1.29, 1.82) is 0 Å². The van der Waals surface area contributed by atoms with E-state index in [2.05, 4.69) is 0 Å². The summed E-state index contributed by atoms with van der Waals surface area (Å²) in [6, 6.07) is 11.5. The van der Waals surface area contributed by atoms with Crippen LogP contribution in [0.15, 0.2) is 47.4 Å². The van der Waals surface area contributed by atoms with Crippen molar-refractivity contribution in [3.63, 3.8) is 0 Å². The fourth-order valence-corrected chi connectivity index (χ4v) is 4.28. The lowest BCUT2D eigenvalue weighted by Crippen LogP contribution is -2.31. The Morgan fingerprint density at radius 1 is 0.957 bits per heavy atom. The van der Waals surface area contributed by atoms with Crippen LogP contribution in [-0.4, -0.2) is 32.9 Å². The van der Waals surface area contributed by atoms with Gasteiger partial charge >= 0.3 is 0 Å². The summed E-state index contributed by atoms with van der Waals surface area (Å²) in [5, 5.41) is 0.625. The van der Waals surface area contributed by atoms with Crippen LogP contribution in [0.5, 0.6) is 5.75 Å². The number of para-hydroxylation sites is 1. The highest BCUT2D eigenvalue weighted by Gasteiger charge is 2.26. The van der Waals surface area contributed by atoms with Gasteiger partial charge < -0.3 is 4.74 Å². The summed E-state index contributed by atoms with van der Waals surface area (Å²) in [5.41, 5.74) is 0. The fourth-order valence-electron chi connectivity index (χ4n) is 1.85. The Morgan fingerprint density at radius 3 is 2.13 bits per heavy atom. The predicted molar refractivity (Wildman–Crippen MR) is 93.2 cm³/mol. The maximum atomic E-state index is 12.6. The van der Waals surface area contributed by atoms with E-state index in [1.807, 2.05) is 0 Å². The van der Waals surface area contributed by atoms with Crippen LogP contribution in [0.3, 0.4) is 0 Å². The van der Waals surface area contributed by atoms with E-state index in [0.717, 1.165) is 4.31 Å². The summed E-state index contributed by atoms with van der Waals surface area (Å²) in [4.78, 5) is -0.108. The van der Waals surface area contributed by atoms with Crippen molar-refractivity contribution >= 4 is 44.8 Å². The Bertz CT molecular complexity index is 776. The average Bonchev–Trinajstić information content (AvgIpc) is 2.48. The van der Waals surface area contributed by atoms with Crippen LogP contribution in [0.1, 0.15) is 0 Å². The number of hydrogen-bond acceptors (Lipinski definition) is 3. The molecule has 0 heterocycles. The molecule has 0 unspecified atom stereocenters. The fraction of sp³-hybridized carbons (Fsp3) is 0.200. The van der Waals surface area contributed by atoms with Crippen LogP contribution in [0.4, 0.5) is 0 Å². The van der Waals surface area contributed by atoms with E-state index in [9.17, 15) is 8.42 Å². The van der Waals surface area contributed by atoms with Crippen molar-refractivity contribution in [3.8, 4) is 5.75 Å². The van der Waals surface area contributed by atoms with Gasteiger partial charge in [-0.1, -0.05) is 53.0 Å². The number of likely N-dealkylation sites (N-methyl/N-ethyl adjacent to an activating group) is 1. The minimum atomic E-state index is -3.81. The molecule has 2 rings (SSSR count). The number of benzene rings is 2. The highest BCUT2D eigenvalue weighted by Crippen LogP contribution is 2.31. The van der Waals surface area contributed by atoms with Gasteiger partial charge in [-0.2, -0.15) is 4.31 Å². The van der Waals surface area contributed by atoms with Gasteiger partial charge in [0.2, 0.25) is 10.0 Å². The van der Waals surface area contributed by atoms with E-state index in [4.69, 9.17) is 39.5 Å². The lowest BCUT2D eigenvalue weighted by molar-refractivity contribution is 0.287. The van der Waals surface area contributed by atoms with Crippen LogP contribution in [0.25, 0.3) is 0 Å². The zero-order valence-electron chi connectivity index (χ0n) is 12.2. The Balaban J connectivity index is 2.08. The molecule has 23 heavy (non-hydrogen) atoms. The van der Waals surface area contributed by atoms with Gasteiger partial charge in [0, 0.05) is 13.6 Å². The van der Waals surface area contributed by atoms with E-state index < -0.39 is 10.0 Å². The third-order valence-electron chi connectivity index (χ3n) is 3.09. The Hall–Kier alpha value is -0.980. The first-order chi connectivity index (χ1) is 10.8. The third-order valence-corrected chi connectivity index (χ3v) is 6.21. The highest BCUT2D eigenvalue weighted by atomic mass is 35.5. The maximum absolute atomic E-state index is 12.6. The van der Waals surface area contributed by atoms with Crippen LogP contribution < -0.4 is 4.74 Å². The van der Waals surface area contributed by atoms with Crippen molar-refractivity contribution in [1.82, 2.24) is 4.31 Å². The maximum Gasteiger partial charge on any atom is 0.245 e. The first-order valence-corrected chi connectivity index (χ1v) is 9.19. The normalized spacial score (nSPS) is 11.7. The van der Waals surface area contributed by atoms with Crippen LogP contribution in [0.2, 0.25) is 15.1 Å². The minimum absolute atomic E-state index is 0.0800. The van der Waals surface area contributed by atoms with Gasteiger partial charge in [0.25, 0.3) is 0 Å². The second-order valence-corrected chi connectivity index (χ2v) is 7.86. The number of nitrogens with zero attached hydrogens (tertiary/aromatic N) is 1. The van der Waals surface area contributed by atoms with Crippen LogP contribution in [0, 0.1) is 0 Å². The Morgan fingerprint density at radius 2 is 1.52 bits per heavy atom. The number of rotatable bonds is 6. The first kappa shape index (κ1) is 18.4. The van der Waals surface area contributed by atoms with Crippen molar-refractivity contribution in [2.24, 2.45) is 0 Å². The molecule has 0 saturated carbocycles. The molecule has 8 heteroatoms. The molecule has 4 nitrogen and oxygen atoms in total. The number of ether oxygens (including phenoxy) is 1. The van der Waals surface area contributed by atoms with E-state index >= 15 is 0 Å². The molecular formula is C15H14Cl3NO3S. The van der Waals surface area contributed by atoms with Gasteiger partial charge in [-0.3, -0.25) is 0 Å². The second-order valence-electron chi connectivity index (χ2n) is 4.66. The SMILES string of the molecule is CN(CCOc1ccccc1Cl)S(=O)(=O)c1c(Cl)cccc1Cl. The van der Waals surface area contributed by atoms with Gasteiger partial charge in [-0.05, 0) is 24.3 Å². The van der Waals surface area contributed by atoms with Gasteiger partial charge in [-0.25, -0.2) is 8.42 Å². The van der Waals surface area contributed by atoms with Gasteiger partial charge in [0.1, 0.15) is 17.3 Å². The molecule has 2 aromatic carbocycles. The van der Waals surface area contributed by atoms with Crippen molar-refractivity contribution < 1.29 is 13.2 Å². The molecular weight excluding hydrogens is 381 g/mol. The van der Waals surface area contributed by atoms with E-state index in [1.165, 1.54) is 19.2 Å². The monoisotopic (exact) mass is 393 g/mol. The molecule has 0 N–H and O–H groups in total. The van der Waals surface area contributed by atoms with Crippen molar-refractivity contribution in [3.05, 3.63) is 57.5 Å². The van der Waals surface area contributed by atoms with Gasteiger partial charge in [0.15, 0.2) is 0 Å². The zero-order valence-corrected chi connectivity index (χ0v) is 15.3. The predicted octanol–water partition coefficient (Wildman–Crippen LogP) is 4.35. The number of hydrogen-bond donors (Lipinski definition) is 0. The summed E-state index contributed by atoms with van der Waals surface area (Å²) in [6.45, 7) is 0.261. The van der Waals surface area contributed by atoms with E-state index in [0.29, 0.717) is 10.8 Å². The topological polar surface area (TPSA) is 46.6 Å². The largest absolute Gasteiger partial charge is 0.491 e. The summed E-state index contributed by atoms with van der Waals surface area (Å²) in [6.07, 6.45) is 0. The lowest BCUT2D eigenvalue weighted by atomic mass is 10.3. The van der Waals surface area contributed by atoms with E-state index in [-0.39, 0.29) is 28.1 Å². The molecule has 0 saturated heterocycles. The third kappa shape index (κ3) is 4.31. The molecule has 0 aliphatic carbocycles. The van der Waals surface area contributed by atoms with E-state index in [1.54, 1.807) is 30.3 Å². The second kappa shape index (κ2) is 7.73. The Labute approximate surface area is 150 Å². The summed E-state index contributed by atoms with van der Waals surface area (Å²) < 4.78 is 31.7. The molecule has 0 fully saturated rings. The molecule has 0 aliphatic rings. The molecule has 0 aromatic heterocycles. The smallest absolute Gasteiger partial charge is 0.245 e. The molecule has 0 radical (unpaired) electrons. The van der Waals surface area contributed by atoms with Gasteiger partial charge in [0.05, 0.1) is 15.1 Å². The molecule has 0 aliphatic heterocycles. The standard InChI is InChI=1S/C15H14Cl3NO3S/c1-19(9-10-22-14-8-3-2-5-11(14)16)23(20,21)15-12(17)6-4-7-13(15)18/h2-8H,9-10H2,1H3. The van der Waals surface area contributed by atoms with Gasteiger partial charge in [-0.15, -0.1) is 0 Å². The molecule has 0 spiro atoms. The van der Waals surface area contributed by atoms with Crippen LogP contribution in [-0.2, 0) is 10.0 Å². The molecule has 0 bridgehead atoms. The van der Waals surface area contributed by atoms with Crippen LogP contribution >= 0.6 is 34.8 Å². The summed E-state index contributed by atoms with van der Waals surface area (Å²) >= 11 is 17.9. The highest BCUT2D eigenvalue weighted by molar-refractivity contribution is 7.89. The average molecular weight is 395 g/mol.